The van der Waals surface area contributed by atoms with Gasteiger partial charge in [0.15, 0.2) is 23.1 Å². The monoisotopic (exact) mass is 324 g/mol. The van der Waals surface area contributed by atoms with Gasteiger partial charge < -0.3 is 14.9 Å². The van der Waals surface area contributed by atoms with E-state index in [2.05, 4.69) is 0 Å². The summed E-state index contributed by atoms with van der Waals surface area (Å²) in [7, 11) is 1.31. The molecule has 1 aliphatic rings. The van der Waals surface area contributed by atoms with Gasteiger partial charge in [-0.3, -0.25) is 9.59 Å². The zero-order valence-electron chi connectivity index (χ0n) is 11.6. The normalized spacial score (nSPS) is 20.6. The number of carbonyl (C=O) groups excluding carboxylic acids is 1. The van der Waals surface area contributed by atoms with Gasteiger partial charge in [-0.25, -0.2) is 4.39 Å². The first-order valence-corrected chi connectivity index (χ1v) is 7.51. The van der Waals surface area contributed by atoms with Gasteiger partial charge >= 0.3 is 5.97 Å². The highest BCUT2D eigenvalue weighted by Gasteiger charge is 2.42. The quantitative estimate of drug-likeness (QED) is 0.845. The number of fused-ring (bicyclic) bond motifs is 1. The van der Waals surface area contributed by atoms with E-state index >= 15 is 0 Å². The Morgan fingerprint density at radius 1 is 1.32 bits per heavy atom. The van der Waals surface area contributed by atoms with Gasteiger partial charge in [0.25, 0.3) is 0 Å². The topological polar surface area (TPSA) is 83.8 Å². The second-order valence-electron chi connectivity index (χ2n) is 5.26. The van der Waals surface area contributed by atoms with Gasteiger partial charge in [0.05, 0.1) is 17.9 Å². The fourth-order valence-corrected chi connectivity index (χ4v) is 3.77. The molecule has 22 heavy (non-hydrogen) atoms. The van der Waals surface area contributed by atoms with Crippen molar-refractivity contribution in [2.75, 3.05) is 7.11 Å². The van der Waals surface area contributed by atoms with E-state index in [9.17, 15) is 19.1 Å². The number of aliphatic carboxylic acids is 1. The summed E-state index contributed by atoms with van der Waals surface area (Å²) >= 11 is 1.08. The van der Waals surface area contributed by atoms with Crippen LogP contribution in [0.5, 0.6) is 11.5 Å². The molecule has 5 nitrogen and oxygen atoms in total. The molecule has 0 radical (unpaired) electrons. The third-order valence-corrected chi connectivity index (χ3v) is 5.19. The van der Waals surface area contributed by atoms with Gasteiger partial charge in [0.1, 0.15) is 0 Å². The summed E-state index contributed by atoms with van der Waals surface area (Å²) in [5.74, 6) is -3.91. The molecule has 116 valence electrons. The zero-order valence-corrected chi connectivity index (χ0v) is 12.4. The van der Waals surface area contributed by atoms with Crippen LogP contribution in [0.4, 0.5) is 4.39 Å². The molecule has 2 aromatic rings. The number of carbonyl (C=O) groups is 2. The molecule has 7 heteroatoms. The van der Waals surface area contributed by atoms with Crippen molar-refractivity contribution >= 4 is 33.2 Å². The Morgan fingerprint density at radius 3 is 2.55 bits per heavy atom. The average Bonchev–Trinajstić information content (AvgIpc) is 2.85. The second kappa shape index (κ2) is 5.24. The molecule has 0 aliphatic heterocycles. The van der Waals surface area contributed by atoms with Crippen LogP contribution in [-0.4, -0.2) is 29.1 Å². The lowest BCUT2D eigenvalue weighted by Gasteiger charge is -2.31. The Kier molecular flexibility index (Phi) is 3.52. The number of Topliss-reactive ketones (excluding diaryl/α,β-unsaturated/α-hetero) is 1. The first-order chi connectivity index (χ1) is 10.4. The van der Waals surface area contributed by atoms with Crippen LogP contribution in [0.15, 0.2) is 12.1 Å². The molecular weight excluding hydrogens is 311 g/mol. The number of phenolic OH excluding ortho intramolecular Hbond substituents is 1. The minimum Gasteiger partial charge on any atom is -0.502 e. The van der Waals surface area contributed by atoms with Gasteiger partial charge in [-0.15, -0.1) is 11.3 Å². The van der Waals surface area contributed by atoms with Crippen LogP contribution in [0.25, 0.3) is 10.1 Å². The number of carboxylic acids is 1. The van der Waals surface area contributed by atoms with Crippen LogP contribution in [0.3, 0.4) is 0 Å². The molecule has 1 saturated carbocycles. The lowest BCUT2D eigenvalue weighted by molar-refractivity contribution is -0.146. The van der Waals surface area contributed by atoms with E-state index in [0.717, 1.165) is 11.3 Å². The smallest absolute Gasteiger partial charge is 0.307 e. The molecule has 0 unspecified atom stereocenters. The molecule has 0 bridgehead atoms. The molecule has 2 N–H and O–H groups in total. The van der Waals surface area contributed by atoms with Crippen molar-refractivity contribution in [3.63, 3.8) is 0 Å². The fourth-order valence-electron chi connectivity index (χ4n) is 2.68. The number of carboxylic acid groups (broad SMARTS) is 1. The van der Waals surface area contributed by atoms with Crippen molar-refractivity contribution in [3.8, 4) is 11.5 Å². The van der Waals surface area contributed by atoms with Gasteiger partial charge in [0, 0.05) is 22.1 Å². The minimum atomic E-state index is -0.976. The first-order valence-electron chi connectivity index (χ1n) is 6.70. The predicted molar refractivity (Wildman–Crippen MR) is 78.2 cm³/mol. The van der Waals surface area contributed by atoms with E-state index in [4.69, 9.17) is 9.84 Å². The van der Waals surface area contributed by atoms with Crippen molar-refractivity contribution < 1.29 is 28.9 Å². The number of halogens is 1. The number of hydrogen-bond acceptors (Lipinski definition) is 5. The van der Waals surface area contributed by atoms with Gasteiger partial charge in [-0.2, -0.15) is 0 Å². The van der Waals surface area contributed by atoms with E-state index in [-0.39, 0.29) is 16.9 Å². The molecule has 1 aromatic carbocycles. The van der Waals surface area contributed by atoms with Crippen molar-refractivity contribution in [2.45, 2.75) is 12.8 Å². The van der Waals surface area contributed by atoms with Gasteiger partial charge in [0.2, 0.25) is 0 Å². The van der Waals surface area contributed by atoms with Crippen LogP contribution in [0.1, 0.15) is 22.5 Å². The largest absolute Gasteiger partial charge is 0.502 e. The number of aromatic hydroxyl groups is 1. The summed E-state index contributed by atoms with van der Waals surface area (Å²) < 4.78 is 19.5. The molecule has 1 heterocycles. The number of phenols is 1. The highest BCUT2D eigenvalue weighted by atomic mass is 32.1. The standard InChI is InChI=1S/C15H13FO5S/c1-21-9-5-10-8(12(16)14(9)18)4-11(22-10)13(17)6-2-3-7(6)15(19)20/h4-7,18H,2-3H2,1H3,(H,19,20)/t6-,7-/m0/s1. The molecule has 3 rings (SSSR count). The summed E-state index contributed by atoms with van der Waals surface area (Å²) in [4.78, 5) is 23.7. The van der Waals surface area contributed by atoms with Crippen molar-refractivity contribution in [3.05, 3.63) is 22.8 Å². The maximum Gasteiger partial charge on any atom is 0.307 e. The third-order valence-electron chi connectivity index (χ3n) is 4.09. The molecule has 1 fully saturated rings. The molecular formula is C15H13FO5S. The zero-order chi connectivity index (χ0) is 16.0. The van der Waals surface area contributed by atoms with Crippen LogP contribution in [0.2, 0.25) is 0 Å². The fraction of sp³-hybridized carbons (Fsp3) is 0.333. The molecule has 0 spiro atoms. The van der Waals surface area contributed by atoms with Crippen LogP contribution < -0.4 is 4.74 Å². The van der Waals surface area contributed by atoms with Crippen molar-refractivity contribution in [1.29, 1.82) is 0 Å². The Bertz CT molecular complexity index is 782. The lowest BCUT2D eigenvalue weighted by atomic mass is 9.71. The molecule has 1 aliphatic carbocycles. The van der Waals surface area contributed by atoms with Crippen molar-refractivity contribution in [2.24, 2.45) is 11.8 Å². The maximum absolute atomic E-state index is 14.1. The minimum absolute atomic E-state index is 0.00194. The molecule has 0 amide bonds. The van der Waals surface area contributed by atoms with E-state index in [1.54, 1.807) is 0 Å². The number of benzene rings is 1. The number of ether oxygens (including phenoxy) is 1. The predicted octanol–water partition coefficient (Wildman–Crippen LogP) is 3.05. The number of hydrogen-bond donors (Lipinski definition) is 2. The lowest BCUT2D eigenvalue weighted by Crippen LogP contribution is -2.37. The summed E-state index contributed by atoms with van der Waals surface area (Å²) in [6, 6.07) is 2.83. The Morgan fingerprint density at radius 2 is 2.00 bits per heavy atom. The van der Waals surface area contributed by atoms with E-state index in [1.165, 1.54) is 19.2 Å². The average molecular weight is 324 g/mol. The van der Waals surface area contributed by atoms with Crippen molar-refractivity contribution in [1.82, 2.24) is 0 Å². The van der Waals surface area contributed by atoms with Crippen LogP contribution in [0, 0.1) is 17.7 Å². The summed E-state index contributed by atoms with van der Waals surface area (Å²) in [5, 5.41) is 18.8. The van der Waals surface area contributed by atoms with E-state index in [0.29, 0.717) is 22.4 Å². The summed E-state index contributed by atoms with van der Waals surface area (Å²) in [6.07, 6.45) is 1.01. The highest BCUT2D eigenvalue weighted by molar-refractivity contribution is 7.20. The van der Waals surface area contributed by atoms with Crippen LogP contribution in [-0.2, 0) is 4.79 Å². The summed E-state index contributed by atoms with van der Waals surface area (Å²) in [6.45, 7) is 0. The number of ketones is 1. The molecule has 1 aromatic heterocycles. The number of thiophene rings is 1. The molecule has 2 atom stereocenters. The third kappa shape index (κ3) is 2.12. The van der Waals surface area contributed by atoms with E-state index in [1.807, 2.05) is 0 Å². The first kappa shape index (κ1) is 14.8. The summed E-state index contributed by atoms with van der Waals surface area (Å²) in [5.41, 5.74) is 0. The number of rotatable bonds is 4. The highest BCUT2D eigenvalue weighted by Crippen LogP contribution is 2.42. The van der Waals surface area contributed by atoms with Gasteiger partial charge in [-0.1, -0.05) is 0 Å². The van der Waals surface area contributed by atoms with Crippen LogP contribution >= 0.6 is 11.3 Å². The Labute approximate surface area is 128 Å². The SMILES string of the molecule is COc1cc2sc(C(=O)[C@H]3CC[C@@H]3C(=O)O)cc2c(F)c1O. The Balaban J connectivity index is 2.00. The maximum atomic E-state index is 14.1. The van der Waals surface area contributed by atoms with Gasteiger partial charge in [-0.05, 0) is 18.9 Å². The second-order valence-corrected chi connectivity index (χ2v) is 6.34. The van der Waals surface area contributed by atoms with E-state index < -0.39 is 29.4 Å². The number of methoxy groups -OCH3 is 1. The Hall–Kier alpha value is -2.15. The molecule has 0 saturated heterocycles.